The second kappa shape index (κ2) is 16.3. The Morgan fingerprint density at radius 1 is 0.778 bits per heavy atom. The Hall–Kier alpha value is 1.66. The van der Waals surface area contributed by atoms with Crippen molar-refractivity contribution in [1.29, 1.82) is 0 Å². The molecule has 0 atom stereocenters. The fraction of sp³-hybridized carbons (Fsp3) is 0. The second-order valence-corrected chi connectivity index (χ2v) is 0.962. The molecule has 0 heterocycles. The zero-order valence-electron chi connectivity index (χ0n) is 4.52. The first-order valence-electron chi connectivity index (χ1n) is 1.67. The molecule has 0 aliphatic heterocycles. The zero-order chi connectivity index (χ0) is 3.54. The Labute approximate surface area is 106 Å². The van der Waals surface area contributed by atoms with Crippen molar-refractivity contribution >= 4 is 0 Å². The first-order valence-corrected chi connectivity index (χ1v) is 1.67. The van der Waals surface area contributed by atoms with Gasteiger partial charge >= 0.3 is 25.8 Å². The maximum Gasteiger partial charge on any atom is 4.00 e. The van der Waals surface area contributed by atoms with Crippen LogP contribution >= 0.6 is 0 Å². The Bertz CT molecular complexity index is 68.7. The van der Waals surface area contributed by atoms with Crippen LogP contribution in [0.15, 0.2) is 30.3 Å². The van der Waals surface area contributed by atoms with Gasteiger partial charge in [0.1, 0.15) is 0 Å². The van der Waals surface area contributed by atoms with E-state index in [4.69, 9.17) is 0 Å². The minimum atomic E-state index is 0. The Morgan fingerprint density at radius 3 is 1.22 bits per heavy atom. The van der Waals surface area contributed by atoms with Crippen LogP contribution < -0.4 is 50.9 Å². The van der Waals surface area contributed by atoms with E-state index in [-0.39, 0.29) is 76.8 Å². The molecule has 0 saturated carbocycles. The summed E-state index contributed by atoms with van der Waals surface area (Å²) < 4.78 is 0. The summed E-state index contributed by atoms with van der Waals surface area (Å²) in [4.78, 5) is 0. The molecule has 0 radical (unpaired) electrons. The normalized spacial score (nSPS) is 4.44. The van der Waals surface area contributed by atoms with E-state index in [0.29, 0.717) is 0 Å². The Morgan fingerprint density at radius 2 is 1.11 bits per heavy atom. The van der Waals surface area contributed by atoms with E-state index in [1.165, 1.54) is 0 Å². The summed E-state index contributed by atoms with van der Waals surface area (Å²) >= 11 is 0. The molecule has 0 bridgehead atoms. The van der Waals surface area contributed by atoms with Crippen LogP contribution in [0.25, 0.3) is 0 Å². The molecular weight excluding hydrogens is 478 g/mol. The van der Waals surface area contributed by atoms with Gasteiger partial charge in [-0.2, -0.15) is 18.2 Å². The predicted molar refractivity (Wildman–Crippen MR) is 22.0 cm³/mol. The molecule has 4 heteroatoms. The summed E-state index contributed by atoms with van der Waals surface area (Å²) in [6, 6.07) is 10.0. The van der Waals surface area contributed by atoms with Gasteiger partial charge in [0.05, 0.1) is 0 Å². The summed E-state index contributed by atoms with van der Waals surface area (Å²) in [6.07, 6.45) is 0. The van der Waals surface area contributed by atoms with Crippen molar-refractivity contribution in [3.05, 3.63) is 30.3 Å². The van der Waals surface area contributed by atoms with Crippen LogP contribution in [-0.2, 0) is 25.8 Å². The maximum atomic E-state index is 2.00. The maximum absolute atomic E-state index is 2.00. The number of halogens is 3. The number of rotatable bonds is 0. The molecular formula is C5H5Br3Hf. The molecule has 0 aliphatic carbocycles. The average Bonchev–Trinajstić information content (AvgIpc) is 1.76. The molecule has 50 valence electrons. The van der Waals surface area contributed by atoms with Crippen LogP contribution in [0.2, 0.25) is 0 Å². The molecule has 0 nitrogen and oxygen atoms in total. The molecule has 9 heavy (non-hydrogen) atoms. The van der Waals surface area contributed by atoms with E-state index >= 15 is 0 Å². The van der Waals surface area contributed by atoms with Crippen LogP contribution in [0.5, 0.6) is 0 Å². The molecule has 1 aromatic carbocycles. The van der Waals surface area contributed by atoms with Gasteiger partial charge < -0.3 is 50.9 Å². The van der Waals surface area contributed by atoms with Crippen molar-refractivity contribution < 1.29 is 76.8 Å². The molecule has 0 N–H and O–H groups in total. The van der Waals surface area contributed by atoms with Crippen molar-refractivity contribution in [2.24, 2.45) is 0 Å². The van der Waals surface area contributed by atoms with E-state index in [2.05, 4.69) is 0 Å². The number of hydrogen-bond donors (Lipinski definition) is 0. The van der Waals surface area contributed by atoms with E-state index in [1.807, 2.05) is 30.3 Å². The van der Waals surface area contributed by atoms with E-state index < -0.39 is 0 Å². The van der Waals surface area contributed by atoms with Gasteiger partial charge in [-0.15, -0.1) is 0 Å². The van der Waals surface area contributed by atoms with Gasteiger partial charge in [-0.3, -0.25) is 0 Å². The van der Waals surface area contributed by atoms with E-state index in [1.54, 1.807) is 0 Å². The van der Waals surface area contributed by atoms with Crippen LogP contribution in [-0.4, -0.2) is 0 Å². The first-order chi connectivity index (χ1) is 2.50. The summed E-state index contributed by atoms with van der Waals surface area (Å²) in [5, 5.41) is 0. The van der Waals surface area contributed by atoms with E-state index in [9.17, 15) is 0 Å². The standard InChI is InChI=1S/C5H5.3BrH.Hf/c1-2-4-5-3-1;;;;/h1-5H;3*1H;/q-1;;;;+4/p-3. The first kappa shape index (κ1) is 22.4. The fourth-order valence-corrected chi connectivity index (χ4v) is 0.321. The van der Waals surface area contributed by atoms with Gasteiger partial charge in [0.25, 0.3) is 0 Å². The molecule has 0 aliphatic rings. The van der Waals surface area contributed by atoms with Gasteiger partial charge in [-0.05, 0) is 0 Å². The van der Waals surface area contributed by atoms with Crippen molar-refractivity contribution in [2.75, 3.05) is 0 Å². The molecule has 0 aromatic heterocycles. The molecule has 0 fully saturated rings. The van der Waals surface area contributed by atoms with Crippen molar-refractivity contribution in [2.45, 2.75) is 0 Å². The van der Waals surface area contributed by atoms with Gasteiger partial charge in [-0.25, -0.2) is 12.1 Å². The molecule has 1 aromatic rings. The van der Waals surface area contributed by atoms with Crippen LogP contribution in [0.3, 0.4) is 0 Å². The van der Waals surface area contributed by atoms with Gasteiger partial charge in [0.15, 0.2) is 0 Å². The Balaban J connectivity index is -0.0000000312. The van der Waals surface area contributed by atoms with Crippen LogP contribution in [0.1, 0.15) is 0 Å². The van der Waals surface area contributed by atoms with Gasteiger partial charge in [0, 0.05) is 0 Å². The SMILES string of the molecule is [Br-].[Br-].[Br-].[Hf+4].c1cc[cH-]c1. The summed E-state index contributed by atoms with van der Waals surface area (Å²) in [5.74, 6) is 0. The number of hydrogen-bond acceptors (Lipinski definition) is 0. The van der Waals surface area contributed by atoms with Gasteiger partial charge in [-0.1, -0.05) is 0 Å². The zero-order valence-corrected chi connectivity index (χ0v) is 12.9. The summed E-state index contributed by atoms with van der Waals surface area (Å²) in [7, 11) is 0. The topological polar surface area (TPSA) is 0 Å². The average molecular weight is 483 g/mol. The molecule has 0 saturated heterocycles. The smallest absolute Gasteiger partial charge is 1.00 e. The fourth-order valence-electron chi connectivity index (χ4n) is 0.321. The minimum Gasteiger partial charge on any atom is -1.00 e. The molecule has 0 spiro atoms. The van der Waals surface area contributed by atoms with Crippen molar-refractivity contribution in [3.8, 4) is 0 Å². The quantitative estimate of drug-likeness (QED) is 0.254. The molecule has 1 rings (SSSR count). The van der Waals surface area contributed by atoms with Crippen molar-refractivity contribution in [1.82, 2.24) is 0 Å². The second-order valence-electron chi connectivity index (χ2n) is 0.962. The van der Waals surface area contributed by atoms with Crippen LogP contribution in [0, 0.1) is 0 Å². The third-order valence-electron chi connectivity index (χ3n) is 0.556. The minimum absolute atomic E-state index is 0. The largest absolute Gasteiger partial charge is 4.00 e. The molecule has 0 unspecified atom stereocenters. The monoisotopic (exact) mass is 482 g/mol. The predicted octanol–water partition coefficient (Wildman–Crippen LogP) is -7.59. The van der Waals surface area contributed by atoms with Crippen molar-refractivity contribution in [3.63, 3.8) is 0 Å². The van der Waals surface area contributed by atoms with E-state index in [0.717, 1.165) is 0 Å². The van der Waals surface area contributed by atoms with Crippen LogP contribution in [0.4, 0.5) is 0 Å². The summed E-state index contributed by atoms with van der Waals surface area (Å²) in [5.41, 5.74) is 0. The molecule has 0 amide bonds. The third-order valence-corrected chi connectivity index (χ3v) is 0.556. The third kappa shape index (κ3) is 12.8. The summed E-state index contributed by atoms with van der Waals surface area (Å²) in [6.45, 7) is 0. The Kier molecular flexibility index (Phi) is 40.7. The van der Waals surface area contributed by atoms with Gasteiger partial charge in [0.2, 0.25) is 0 Å².